The number of halogens is 1. The average Bonchev–Trinajstić information content (AvgIpc) is 3.12. The van der Waals surface area contributed by atoms with Gasteiger partial charge in [-0.25, -0.2) is 9.37 Å². The van der Waals surface area contributed by atoms with Crippen molar-refractivity contribution in [3.63, 3.8) is 0 Å². The number of carbonyl (C=O) groups excluding carboxylic acids is 1. The number of fused-ring (bicyclic) bond motifs is 1. The number of carboxylic acids is 1. The number of hydrogen-bond donors (Lipinski definition) is 2. The Morgan fingerprint density at radius 1 is 1.32 bits per heavy atom. The third kappa shape index (κ3) is 5.03. The summed E-state index contributed by atoms with van der Waals surface area (Å²) < 4.78 is 13.7. The number of carbonyl (C=O) groups is 2. The van der Waals surface area contributed by atoms with Gasteiger partial charge in [0.25, 0.3) is 0 Å². The third-order valence-electron chi connectivity index (χ3n) is 6.27. The van der Waals surface area contributed by atoms with Crippen LogP contribution < -0.4 is 5.32 Å². The summed E-state index contributed by atoms with van der Waals surface area (Å²) in [6.07, 6.45) is 5.06. The Labute approximate surface area is 181 Å². The van der Waals surface area contributed by atoms with Crippen molar-refractivity contribution in [1.82, 2.24) is 9.88 Å². The molecule has 4 rings (SSSR count). The molecule has 1 aromatic heterocycles. The number of likely N-dealkylation sites (tertiary alicyclic amines) is 1. The van der Waals surface area contributed by atoms with Crippen LogP contribution in [-0.2, 0) is 22.4 Å². The molecular formula is C24H28FN3O3. The van der Waals surface area contributed by atoms with Crippen molar-refractivity contribution in [1.29, 1.82) is 0 Å². The van der Waals surface area contributed by atoms with Crippen LogP contribution in [-0.4, -0.2) is 40.0 Å². The first-order chi connectivity index (χ1) is 15.0. The molecule has 0 saturated carbocycles. The van der Waals surface area contributed by atoms with E-state index in [9.17, 15) is 19.1 Å². The number of rotatable bonds is 8. The smallest absolute Gasteiger partial charge is 0.305 e. The first-order valence-electron chi connectivity index (χ1n) is 11.0. The van der Waals surface area contributed by atoms with Gasteiger partial charge in [-0.3, -0.25) is 9.59 Å². The van der Waals surface area contributed by atoms with Gasteiger partial charge in [0.2, 0.25) is 5.91 Å². The number of carboxylic acid groups (broad SMARTS) is 1. The highest BCUT2D eigenvalue weighted by Gasteiger charge is 2.37. The van der Waals surface area contributed by atoms with E-state index in [-0.39, 0.29) is 18.2 Å². The van der Waals surface area contributed by atoms with E-state index in [1.807, 2.05) is 0 Å². The molecule has 0 bridgehead atoms. The predicted molar refractivity (Wildman–Crippen MR) is 115 cm³/mol. The summed E-state index contributed by atoms with van der Waals surface area (Å²) in [5.74, 6) is -0.601. The zero-order valence-corrected chi connectivity index (χ0v) is 17.5. The van der Waals surface area contributed by atoms with Crippen LogP contribution >= 0.6 is 0 Å². The van der Waals surface area contributed by atoms with Gasteiger partial charge >= 0.3 is 5.97 Å². The number of aliphatic carboxylic acids is 1. The largest absolute Gasteiger partial charge is 0.481 e. The Bertz CT molecular complexity index is 965. The number of nitrogens with one attached hydrogen (secondary N) is 1. The van der Waals surface area contributed by atoms with Crippen molar-refractivity contribution in [3.8, 4) is 0 Å². The van der Waals surface area contributed by atoms with Crippen LogP contribution in [0.5, 0.6) is 0 Å². The summed E-state index contributed by atoms with van der Waals surface area (Å²) in [4.78, 5) is 30.8. The number of amides is 1. The van der Waals surface area contributed by atoms with Crippen molar-refractivity contribution in [2.75, 3.05) is 18.4 Å². The first kappa shape index (κ1) is 21.3. The van der Waals surface area contributed by atoms with Gasteiger partial charge in [0, 0.05) is 24.7 Å². The monoisotopic (exact) mass is 425 g/mol. The van der Waals surface area contributed by atoms with E-state index < -0.39 is 17.8 Å². The van der Waals surface area contributed by atoms with Crippen LogP contribution in [0, 0.1) is 11.7 Å². The minimum Gasteiger partial charge on any atom is -0.481 e. The molecule has 1 saturated heterocycles. The molecule has 1 aromatic carbocycles. The highest BCUT2D eigenvalue weighted by Crippen LogP contribution is 2.33. The zero-order chi connectivity index (χ0) is 21.8. The molecule has 0 spiro atoms. The maximum absolute atomic E-state index is 13.7. The van der Waals surface area contributed by atoms with Crippen molar-refractivity contribution < 1.29 is 19.1 Å². The number of aromatic nitrogens is 1. The van der Waals surface area contributed by atoms with E-state index in [2.05, 4.69) is 17.4 Å². The lowest BCUT2D eigenvalue weighted by atomic mass is 9.98. The Hall–Kier alpha value is -2.96. The fourth-order valence-electron chi connectivity index (χ4n) is 4.67. The normalized spacial score (nSPS) is 19.1. The second-order valence-electron chi connectivity index (χ2n) is 8.42. The SMILES string of the molecule is O=C(O)C[C@@H](c1cccc(F)c1)N1CC[C@H](CCCc2ccc3c(n2)NCCC3)C1=O. The van der Waals surface area contributed by atoms with Crippen molar-refractivity contribution in [2.45, 2.75) is 51.0 Å². The lowest BCUT2D eigenvalue weighted by molar-refractivity contribution is -0.140. The van der Waals surface area contributed by atoms with E-state index in [4.69, 9.17) is 4.98 Å². The maximum Gasteiger partial charge on any atom is 0.305 e. The molecule has 1 amide bonds. The van der Waals surface area contributed by atoms with Crippen LogP contribution in [0.25, 0.3) is 0 Å². The Morgan fingerprint density at radius 3 is 3.00 bits per heavy atom. The number of benzene rings is 1. The summed E-state index contributed by atoms with van der Waals surface area (Å²) >= 11 is 0. The zero-order valence-electron chi connectivity index (χ0n) is 17.5. The molecule has 0 radical (unpaired) electrons. The molecule has 0 aliphatic carbocycles. The molecule has 2 aromatic rings. The third-order valence-corrected chi connectivity index (χ3v) is 6.27. The summed E-state index contributed by atoms with van der Waals surface area (Å²) in [5, 5.41) is 12.7. The molecular weight excluding hydrogens is 397 g/mol. The van der Waals surface area contributed by atoms with E-state index in [0.717, 1.165) is 50.2 Å². The fraction of sp³-hybridized carbons (Fsp3) is 0.458. The molecule has 164 valence electrons. The molecule has 1 fully saturated rings. The summed E-state index contributed by atoms with van der Waals surface area (Å²) in [6.45, 7) is 1.46. The highest BCUT2D eigenvalue weighted by molar-refractivity contribution is 5.82. The van der Waals surface area contributed by atoms with E-state index >= 15 is 0 Å². The van der Waals surface area contributed by atoms with Crippen LogP contribution in [0.1, 0.15) is 55.0 Å². The quantitative estimate of drug-likeness (QED) is 0.669. The van der Waals surface area contributed by atoms with E-state index in [0.29, 0.717) is 18.5 Å². The number of anilines is 1. The lowest BCUT2D eigenvalue weighted by Crippen LogP contribution is -2.33. The van der Waals surface area contributed by atoms with Crippen LogP contribution in [0.2, 0.25) is 0 Å². The van der Waals surface area contributed by atoms with Crippen LogP contribution in [0.3, 0.4) is 0 Å². The van der Waals surface area contributed by atoms with Crippen molar-refractivity contribution in [3.05, 3.63) is 59.0 Å². The average molecular weight is 426 g/mol. The highest BCUT2D eigenvalue weighted by atomic mass is 19.1. The van der Waals surface area contributed by atoms with Gasteiger partial charge in [-0.15, -0.1) is 0 Å². The van der Waals surface area contributed by atoms with Crippen molar-refractivity contribution >= 4 is 17.7 Å². The fourth-order valence-corrected chi connectivity index (χ4v) is 4.67. The molecule has 3 heterocycles. The number of aryl methyl sites for hydroxylation is 2. The first-order valence-corrected chi connectivity index (χ1v) is 11.0. The maximum atomic E-state index is 13.7. The topological polar surface area (TPSA) is 82.5 Å². The Balaban J connectivity index is 1.37. The van der Waals surface area contributed by atoms with E-state index in [1.165, 1.54) is 17.7 Å². The van der Waals surface area contributed by atoms with Gasteiger partial charge in [-0.05, 0) is 67.9 Å². The predicted octanol–water partition coefficient (Wildman–Crippen LogP) is 3.97. The minimum absolute atomic E-state index is 0.0319. The Kier molecular flexibility index (Phi) is 6.49. The minimum atomic E-state index is -1.00. The molecule has 2 N–H and O–H groups in total. The van der Waals surface area contributed by atoms with Gasteiger partial charge in [0.15, 0.2) is 0 Å². The summed E-state index contributed by atoms with van der Waals surface area (Å²) in [6, 6.07) is 9.46. The number of hydrogen-bond acceptors (Lipinski definition) is 4. The van der Waals surface area contributed by atoms with Crippen LogP contribution in [0.15, 0.2) is 36.4 Å². The Morgan fingerprint density at radius 2 is 2.19 bits per heavy atom. The summed E-state index contributed by atoms with van der Waals surface area (Å²) in [7, 11) is 0. The van der Waals surface area contributed by atoms with Gasteiger partial charge in [-0.2, -0.15) is 0 Å². The van der Waals surface area contributed by atoms with Gasteiger partial charge in [0.05, 0.1) is 12.5 Å². The number of nitrogens with zero attached hydrogens (tertiary/aromatic N) is 2. The molecule has 0 unspecified atom stereocenters. The molecule has 2 aliphatic heterocycles. The second kappa shape index (κ2) is 9.45. The van der Waals surface area contributed by atoms with E-state index in [1.54, 1.807) is 17.0 Å². The molecule has 7 heteroatoms. The van der Waals surface area contributed by atoms with Gasteiger partial charge < -0.3 is 15.3 Å². The van der Waals surface area contributed by atoms with Gasteiger partial charge in [0.1, 0.15) is 11.6 Å². The number of pyridine rings is 1. The second-order valence-corrected chi connectivity index (χ2v) is 8.42. The lowest BCUT2D eigenvalue weighted by Gasteiger charge is -2.27. The molecule has 2 atom stereocenters. The molecule has 2 aliphatic rings. The van der Waals surface area contributed by atoms with Gasteiger partial charge in [-0.1, -0.05) is 18.2 Å². The molecule has 31 heavy (non-hydrogen) atoms. The van der Waals surface area contributed by atoms with Crippen molar-refractivity contribution in [2.24, 2.45) is 5.92 Å². The van der Waals surface area contributed by atoms with Crippen LogP contribution in [0.4, 0.5) is 10.2 Å². The standard InChI is InChI=1S/C24H28FN3O3/c25-19-7-1-5-18(14-19)21(15-22(29)30)28-13-11-17(24(28)31)4-2-8-20-10-9-16-6-3-12-26-23(16)27-20/h1,5,7,9-10,14,17,21H,2-4,6,8,11-13,15H2,(H,26,27)(H,29,30)/t17-,21-/m0/s1. The molecule has 6 nitrogen and oxygen atoms in total. The summed E-state index contributed by atoms with van der Waals surface area (Å²) in [5.41, 5.74) is 2.82.